The lowest BCUT2D eigenvalue weighted by Gasteiger charge is -2.37. The predicted molar refractivity (Wildman–Crippen MR) is 70.3 cm³/mol. The molecule has 0 saturated heterocycles. The summed E-state index contributed by atoms with van der Waals surface area (Å²) in [6.45, 7) is 9.42. The fourth-order valence-corrected chi connectivity index (χ4v) is 1.80. The van der Waals surface area contributed by atoms with Crippen LogP contribution in [0.25, 0.3) is 0 Å². The first-order valence-electron chi connectivity index (χ1n) is 6.09. The van der Waals surface area contributed by atoms with Crippen molar-refractivity contribution in [3.05, 3.63) is 35.9 Å². The molecule has 0 atom stereocenters. The molecule has 2 nitrogen and oxygen atoms in total. The van der Waals surface area contributed by atoms with Crippen LogP contribution in [0.3, 0.4) is 0 Å². The zero-order valence-corrected chi connectivity index (χ0v) is 10.7. The molecule has 0 radical (unpaired) electrons. The Morgan fingerprint density at radius 2 is 1.81 bits per heavy atom. The van der Waals surface area contributed by atoms with Gasteiger partial charge in [-0.1, -0.05) is 37.3 Å². The van der Waals surface area contributed by atoms with E-state index in [1.807, 2.05) is 0 Å². The molecule has 0 spiro atoms. The molecule has 0 aliphatic carbocycles. The smallest absolute Gasteiger partial charge is 0.0278 e. The molecule has 2 N–H and O–H groups in total. The molecule has 0 unspecified atom stereocenters. The highest BCUT2D eigenvalue weighted by Gasteiger charge is 2.24. The molecule has 0 saturated carbocycles. The second-order valence-electron chi connectivity index (χ2n) is 4.92. The number of nitrogens with two attached hydrogens (primary N) is 1. The van der Waals surface area contributed by atoms with Gasteiger partial charge in [-0.2, -0.15) is 0 Å². The summed E-state index contributed by atoms with van der Waals surface area (Å²) in [5.41, 5.74) is 7.28. The van der Waals surface area contributed by atoms with Crippen LogP contribution in [0.2, 0.25) is 0 Å². The molecule has 0 aliphatic rings. The van der Waals surface area contributed by atoms with Crippen LogP contribution >= 0.6 is 0 Å². The van der Waals surface area contributed by atoms with Crippen LogP contribution in [-0.4, -0.2) is 23.5 Å². The van der Waals surface area contributed by atoms with Crippen LogP contribution < -0.4 is 5.73 Å². The highest BCUT2D eigenvalue weighted by Crippen LogP contribution is 2.17. The zero-order valence-electron chi connectivity index (χ0n) is 10.7. The largest absolute Gasteiger partial charge is 0.329 e. The first-order valence-corrected chi connectivity index (χ1v) is 6.09. The predicted octanol–water partition coefficient (Wildman–Crippen LogP) is 2.64. The first-order chi connectivity index (χ1) is 7.60. The third-order valence-electron chi connectivity index (χ3n) is 3.07. The molecule has 0 fully saturated rings. The molecule has 1 aromatic rings. The SMILES string of the molecule is CCCN(Cc1ccccc1)C(C)(C)CN. The van der Waals surface area contributed by atoms with Crippen molar-refractivity contribution in [2.24, 2.45) is 5.73 Å². The number of rotatable bonds is 6. The highest BCUT2D eigenvalue weighted by molar-refractivity contribution is 5.14. The third kappa shape index (κ3) is 3.62. The van der Waals surface area contributed by atoms with Crippen molar-refractivity contribution >= 4 is 0 Å². The summed E-state index contributed by atoms with van der Waals surface area (Å²) in [6, 6.07) is 10.6. The summed E-state index contributed by atoms with van der Waals surface area (Å²) in [6.07, 6.45) is 1.16. The summed E-state index contributed by atoms with van der Waals surface area (Å²) >= 11 is 0. The number of hydrogen-bond donors (Lipinski definition) is 1. The Bertz CT molecular complexity index is 293. The Kier molecular flexibility index (Phi) is 4.97. The minimum atomic E-state index is 0.0752. The van der Waals surface area contributed by atoms with Gasteiger partial charge in [0.2, 0.25) is 0 Å². The van der Waals surface area contributed by atoms with Gasteiger partial charge in [-0.25, -0.2) is 0 Å². The van der Waals surface area contributed by atoms with E-state index in [-0.39, 0.29) is 5.54 Å². The van der Waals surface area contributed by atoms with Crippen molar-refractivity contribution in [1.82, 2.24) is 4.90 Å². The lowest BCUT2D eigenvalue weighted by atomic mass is 10.0. The molecule has 1 rings (SSSR count). The molecule has 2 heteroatoms. The monoisotopic (exact) mass is 220 g/mol. The van der Waals surface area contributed by atoms with Gasteiger partial charge >= 0.3 is 0 Å². The van der Waals surface area contributed by atoms with Crippen molar-refractivity contribution in [2.75, 3.05) is 13.1 Å². The van der Waals surface area contributed by atoms with Crippen molar-refractivity contribution in [2.45, 2.75) is 39.3 Å². The van der Waals surface area contributed by atoms with Gasteiger partial charge in [0.1, 0.15) is 0 Å². The van der Waals surface area contributed by atoms with E-state index in [1.165, 1.54) is 5.56 Å². The lowest BCUT2D eigenvalue weighted by molar-refractivity contribution is 0.118. The van der Waals surface area contributed by atoms with E-state index in [1.54, 1.807) is 0 Å². The summed E-state index contributed by atoms with van der Waals surface area (Å²) in [7, 11) is 0. The molecule has 0 aromatic heterocycles. The normalized spacial score (nSPS) is 12.1. The average Bonchev–Trinajstić information content (AvgIpc) is 2.30. The Balaban J connectivity index is 2.72. The molecular weight excluding hydrogens is 196 g/mol. The van der Waals surface area contributed by atoms with Crippen molar-refractivity contribution in [3.8, 4) is 0 Å². The minimum Gasteiger partial charge on any atom is -0.329 e. The summed E-state index contributed by atoms with van der Waals surface area (Å²) in [4.78, 5) is 2.46. The fourth-order valence-electron chi connectivity index (χ4n) is 1.80. The van der Waals surface area contributed by atoms with Crippen molar-refractivity contribution in [1.29, 1.82) is 0 Å². The van der Waals surface area contributed by atoms with E-state index in [4.69, 9.17) is 5.73 Å². The molecule has 16 heavy (non-hydrogen) atoms. The van der Waals surface area contributed by atoms with Gasteiger partial charge in [-0.15, -0.1) is 0 Å². The summed E-state index contributed by atoms with van der Waals surface area (Å²) in [5, 5.41) is 0. The first kappa shape index (κ1) is 13.2. The standard InChI is InChI=1S/C14H24N2/c1-4-10-16(14(2,3)12-15)11-13-8-6-5-7-9-13/h5-9H,4,10-12,15H2,1-3H3. The van der Waals surface area contributed by atoms with Gasteiger partial charge in [0.25, 0.3) is 0 Å². The van der Waals surface area contributed by atoms with Gasteiger partial charge in [0.05, 0.1) is 0 Å². The van der Waals surface area contributed by atoms with E-state index >= 15 is 0 Å². The molecule has 90 valence electrons. The average molecular weight is 220 g/mol. The quantitative estimate of drug-likeness (QED) is 0.798. The highest BCUT2D eigenvalue weighted by atomic mass is 15.2. The van der Waals surface area contributed by atoms with Crippen LogP contribution in [-0.2, 0) is 6.54 Å². The second kappa shape index (κ2) is 6.02. The maximum Gasteiger partial charge on any atom is 0.0278 e. The molecule has 0 heterocycles. The van der Waals surface area contributed by atoms with Crippen LogP contribution in [0, 0.1) is 0 Å². The minimum absolute atomic E-state index is 0.0752. The van der Waals surface area contributed by atoms with E-state index in [0.29, 0.717) is 6.54 Å². The van der Waals surface area contributed by atoms with E-state index in [9.17, 15) is 0 Å². The van der Waals surface area contributed by atoms with Crippen LogP contribution in [0.1, 0.15) is 32.8 Å². The van der Waals surface area contributed by atoms with E-state index < -0.39 is 0 Å². The fraction of sp³-hybridized carbons (Fsp3) is 0.571. The van der Waals surface area contributed by atoms with Crippen LogP contribution in [0.4, 0.5) is 0 Å². The summed E-state index contributed by atoms with van der Waals surface area (Å²) < 4.78 is 0. The molecule has 0 amide bonds. The third-order valence-corrected chi connectivity index (χ3v) is 3.07. The molecular formula is C14H24N2. The molecule has 0 aliphatic heterocycles. The van der Waals surface area contributed by atoms with Gasteiger partial charge in [0.15, 0.2) is 0 Å². The van der Waals surface area contributed by atoms with Gasteiger partial charge in [0, 0.05) is 18.6 Å². The Morgan fingerprint density at radius 1 is 1.19 bits per heavy atom. The van der Waals surface area contributed by atoms with Crippen molar-refractivity contribution < 1.29 is 0 Å². The Morgan fingerprint density at radius 3 is 2.31 bits per heavy atom. The lowest BCUT2D eigenvalue weighted by Crippen LogP contribution is -2.49. The number of hydrogen-bond acceptors (Lipinski definition) is 2. The van der Waals surface area contributed by atoms with Gasteiger partial charge in [-0.3, -0.25) is 4.90 Å². The Hall–Kier alpha value is -0.860. The molecule has 1 aromatic carbocycles. The van der Waals surface area contributed by atoms with Crippen molar-refractivity contribution in [3.63, 3.8) is 0 Å². The Labute approximate surface area is 99.5 Å². The van der Waals surface area contributed by atoms with Crippen LogP contribution in [0.15, 0.2) is 30.3 Å². The molecule has 0 bridgehead atoms. The maximum atomic E-state index is 5.85. The van der Waals surface area contributed by atoms with E-state index in [0.717, 1.165) is 19.5 Å². The number of nitrogens with zero attached hydrogens (tertiary/aromatic N) is 1. The topological polar surface area (TPSA) is 29.3 Å². The summed E-state index contributed by atoms with van der Waals surface area (Å²) in [5.74, 6) is 0. The van der Waals surface area contributed by atoms with Gasteiger partial charge < -0.3 is 5.73 Å². The maximum absolute atomic E-state index is 5.85. The second-order valence-corrected chi connectivity index (χ2v) is 4.92. The van der Waals surface area contributed by atoms with Gasteiger partial charge in [-0.05, 0) is 32.4 Å². The zero-order chi connectivity index (χ0) is 12.0. The van der Waals surface area contributed by atoms with Crippen LogP contribution in [0.5, 0.6) is 0 Å². The number of benzene rings is 1. The van der Waals surface area contributed by atoms with E-state index in [2.05, 4.69) is 56.0 Å².